The van der Waals surface area contributed by atoms with E-state index in [9.17, 15) is 4.79 Å². The standard InChI is InChI=1S/C19H25NO.ClH/c1-20-12-17(21)19-10-14-7-15(11-19)9-18(8-14,13-19)16-5-3-2-4-6-16;/h2-6,14-15,20H,7-13H2,1H3;1H. The molecule has 1 aromatic carbocycles. The van der Waals surface area contributed by atoms with Crippen LogP contribution in [0.5, 0.6) is 0 Å². The first-order valence-electron chi connectivity index (χ1n) is 8.39. The van der Waals surface area contributed by atoms with Crippen molar-refractivity contribution >= 4 is 18.2 Å². The normalized spacial score (nSPS) is 38.6. The lowest BCUT2D eigenvalue weighted by Crippen LogP contribution is -2.57. The summed E-state index contributed by atoms with van der Waals surface area (Å²) < 4.78 is 0. The van der Waals surface area contributed by atoms with Crippen molar-refractivity contribution in [1.82, 2.24) is 5.32 Å². The van der Waals surface area contributed by atoms with E-state index < -0.39 is 0 Å². The Kier molecular flexibility index (Phi) is 4.11. The van der Waals surface area contributed by atoms with Crippen LogP contribution in [0.2, 0.25) is 0 Å². The summed E-state index contributed by atoms with van der Waals surface area (Å²) >= 11 is 0. The molecule has 0 heterocycles. The molecule has 0 spiro atoms. The topological polar surface area (TPSA) is 29.1 Å². The predicted molar refractivity (Wildman–Crippen MR) is 91.4 cm³/mol. The number of carbonyl (C=O) groups is 1. The first-order chi connectivity index (χ1) is 10.2. The van der Waals surface area contributed by atoms with Gasteiger partial charge < -0.3 is 5.32 Å². The van der Waals surface area contributed by atoms with E-state index in [1.807, 2.05) is 7.05 Å². The van der Waals surface area contributed by atoms with E-state index in [-0.39, 0.29) is 23.2 Å². The first kappa shape index (κ1) is 16.0. The van der Waals surface area contributed by atoms with Crippen LogP contribution in [0, 0.1) is 17.3 Å². The molecule has 2 atom stereocenters. The lowest BCUT2D eigenvalue weighted by atomic mass is 9.42. The molecule has 2 unspecified atom stereocenters. The van der Waals surface area contributed by atoms with Crippen molar-refractivity contribution in [2.24, 2.45) is 17.3 Å². The Morgan fingerprint density at radius 3 is 2.36 bits per heavy atom. The molecule has 0 saturated heterocycles. The minimum Gasteiger partial charge on any atom is -0.313 e. The van der Waals surface area contributed by atoms with Crippen LogP contribution in [0.15, 0.2) is 30.3 Å². The number of ketones is 1. The van der Waals surface area contributed by atoms with Crippen LogP contribution in [0.25, 0.3) is 0 Å². The summed E-state index contributed by atoms with van der Waals surface area (Å²) in [7, 11) is 1.89. The van der Waals surface area contributed by atoms with Gasteiger partial charge in [-0.15, -0.1) is 12.4 Å². The third kappa shape index (κ3) is 2.32. The fourth-order valence-corrected chi connectivity index (χ4v) is 6.07. The number of rotatable bonds is 4. The quantitative estimate of drug-likeness (QED) is 0.916. The van der Waals surface area contributed by atoms with E-state index in [1.165, 1.54) is 24.8 Å². The highest BCUT2D eigenvalue weighted by atomic mass is 35.5. The van der Waals surface area contributed by atoms with E-state index in [1.54, 1.807) is 0 Å². The molecule has 4 bridgehead atoms. The van der Waals surface area contributed by atoms with E-state index in [4.69, 9.17) is 0 Å². The molecule has 4 saturated carbocycles. The monoisotopic (exact) mass is 319 g/mol. The zero-order chi connectivity index (χ0) is 14.5. The largest absolute Gasteiger partial charge is 0.313 e. The van der Waals surface area contributed by atoms with Gasteiger partial charge in [0.1, 0.15) is 0 Å². The van der Waals surface area contributed by atoms with Crippen molar-refractivity contribution in [2.45, 2.75) is 43.9 Å². The van der Waals surface area contributed by atoms with Gasteiger partial charge in [-0.1, -0.05) is 30.3 Å². The number of carbonyl (C=O) groups excluding carboxylic acids is 1. The highest BCUT2D eigenvalue weighted by Gasteiger charge is 2.60. The maximum absolute atomic E-state index is 12.8. The summed E-state index contributed by atoms with van der Waals surface area (Å²) in [5.74, 6) is 2.01. The molecule has 5 rings (SSSR count). The van der Waals surface area contributed by atoms with E-state index >= 15 is 0 Å². The molecule has 4 fully saturated rings. The summed E-state index contributed by atoms with van der Waals surface area (Å²) in [5.41, 5.74) is 1.75. The van der Waals surface area contributed by atoms with Gasteiger partial charge >= 0.3 is 0 Å². The predicted octanol–water partition coefficient (Wildman–Crippen LogP) is 3.73. The lowest BCUT2D eigenvalue weighted by molar-refractivity contribution is -0.145. The van der Waals surface area contributed by atoms with Crippen molar-refractivity contribution in [3.8, 4) is 0 Å². The second-order valence-corrected chi connectivity index (χ2v) is 7.84. The molecule has 2 nitrogen and oxygen atoms in total. The van der Waals surface area contributed by atoms with Crippen molar-refractivity contribution in [1.29, 1.82) is 0 Å². The number of nitrogens with one attached hydrogen (secondary N) is 1. The van der Waals surface area contributed by atoms with E-state index in [0.29, 0.717) is 12.3 Å². The maximum Gasteiger partial charge on any atom is 0.152 e. The summed E-state index contributed by atoms with van der Waals surface area (Å²) in [5, 5.41) is 3.10. The molecule has 3 heteroatoms. The number of hydrogen-bond acceptors (Lipinski definition) is 2. The van der Waals surface area contributed by atoms with Crippen molar-refractivity contribution in [3.63, 3.8) is 0 Å². The zero-order valence-corrected chi connectivity index (χ0v) is 14.1. The van der Waals surface area contributed by atoms with Gasteiger partial charge in [0.25, 0.3) is 0 Å². The number of hydrogen-bond donors (Lipinski definition) is 1. The van der Waals surface area contributed by atoms with Gasteiger partial charge in [0.15, 0.2) is 5.78 Å². The Morgan fingerprint density at radius 1 is 1.14 bits per heavy atom. The van der Waals surface area contributed by atoms with E-state index in [0.717, 1.165) is 31.1 Å². The average molecular weight is 320 g/mol. The summed E-state index contributed by atoms with van der Waals surface area (Å²) in [6, 6.07) is 11.0. The number of Topliss-reactive ketones (excluding diaryl/α,β-unsaturated/α-hetero) is 1. The SMILES string of the molecule is CNCC(=O)C12CC3CC(C1)CC(c1ccccc1)(C3)C2.Cl. The van der Waals surface area contributed by atoms with Crippen molar-refractivity contribution in [2.75, 3.05) is 13.6 Å². The third-order valence-electron chi connectivity index (χ3n) is 6.38. The van der Waals surface area contributed by atoms with Crippen molar-refractivity contribution in [3.05, 3.63) is 35.9 Å². The van der Waals surface area contributed by atoms with Crippen LogP contribution in [0.1, 0.15) is 44.1 Å². The van der Waals surface area contributed by atoms with Gasteiger partial charge in [0, 0.05) is 5.41 Å². The van der Waals surface area contributed by atoms with Gasteiger partial charge in [-0.3, -0.25) is 4.79 Å². The number of likely N-dealkylation sites (N-methyl/N-ethyl adjacent to an activating group) is 1. The van der Waals surface area contributed by atoms with Gasteiger partial charge in [-0.05, 0) is 68.4 Å². The molecule has 0 radical (unpaired) electrons. The molecule has 0 amide bonds. The van der Waals surface area contributed by atoms with Crippen LogP contribution in [0.4, 0.5) is 0 Å². The van der Waals surface area contributed by atoms with Crippen LogP contribution in [-0.4, -0.2) is 19.4 Å². The smallest absolute Gasteiger partial charge is 0.152 e. The Morgan fingerprint density at radius 2 is 1.77 bits per heavy atom. The average Bonchev–Trinajstić information content (AvgIpc) is 2.47. The molecule has 22 heavy (non-hydrogen) atoms. The van der Waals surface area contributed by atoms with Crippen LogP contribution in [0.3, 0.4) is 0 Å². The lowest BCUT2D eigenvalue weighted by Gasteiger charge is -2.61. The third-order valence-corrected chi connectivity index (χ3v) is 6.38. The Bertz CT molecular complexity index is 542. The molecule has 0 aliphatic heterocycles. The van der Waals surface area contributed by atoms with E-state index in [2.05, 4.69) is 35.6 Å². The van der Waals surface area contributed by atoms with Crippen LogP contribution in [-0.2, 0) is 10.2 Å². The summed E-state index contributed by atoms with van der Waals surface area (Å²) in [6.45, 7) is 0.546. The molecule has 120 valence electrons. The maximum atomic E-state index is 12.8. The van der Waals surface area contributed by atoms with Gasteiger partial charge in [0.05, 0.1) is 6.54 Å². The second kappa shape index (κ2) is 5.65. The Labute approximate surface area is 139 Å². The van der Waals surface area contributed by atoms with Gasteiger partial charge in [0.2, 0.25) is 0 Å². The molecule has 1 N–H and O–H groups in total. The minimum atomic E-state index is -0.0249. The van der Waals surface area contributed by atoms with Crippen molar-refractivity contribution < 1.29 is 4.79 Å². The number of benzene rings is 1. The summed E-state index contributed by atoms with van der Waals surface area (Å²) in [4.78, 5) is 12.8. The summed E-state index contributed by atoms with van der Waals surface area (Å²) in [6.07, 6.45) is 7.38. The second-order valence-electron chi connectivity index (χ2n) is 7.84. The van der Waals surface area contributed by atoms with Crippen LogP contribution >= 0.6 is 12.4 Å². The fraction of sp³-hybridized carbons (Fsp3) is 0.632. The van der Waals surface area contributed by atoms with Gasteiger partial charge in [-0.25, -0.2) is 0 Å². The Balaban J connectivity index is 0.00000144. The molecule has 4 aliphatic rings. The zero-order valence-electron chi connectivity index (χ0n) is 13.3. The Hall–Kier alpha value is -0.860. The number of halogens is 1. The first-order valence-corrected chi connectivity index (χ1v) is 8.39. The van der Waals surface area contributed by atoms with Gasteiger partial charge in [-0.2, -0.15) is 0 Å². The molecule has 1 aromatic rings. The fourth-order valence-electron chi connectivity index (χ4n) is 6.07. The molecule has 0 aromatic heterocycles. The highest BCUT2D eigenvalue weighted by Crippen LogP contribution is 2.65. The molecule has 4 aliphatic carbocycles. The highest BCUT2D eigenvalue weighted by molar-refractivity contribution is 5.87. The minimum absolute atomic E-state index is 0. The van der Waals surface area contributed by atoms with Crippen LogP contribution < -0.4 is 5.32 Å². The molecular formula is C19H26ClNO. The molecular weight excluding hydrogens is 294 g/mol.